The van der Waals surface area contributed by atoms with E-state index in [4.69, 9.17) is 14.4 Å². The lowest BCUT2D eigenvalue weighted by atomic mass is 9.85. The second-order valence-corrected chi connectivity index (χ2v) is 12.5. The summed E-state index contributed by atoms with van der Waals surface area (Å²) in [5.74, 6) is 0.810. The second-order valence-electron chi connectivity index (χ2n) is 12.5. The summed E-state index contributed by atoms with van der Waals surface area (Å²) in [5.41, 5.74) is 12.0. The average Bonchev–Trinajstić information content (AvgIpc) is 3.70. The van der Waals surface area contributed by atoms with Crippen molar-refractivity contribution in [1.82, 2.24) is 14.5 Å². The second kappa shape index (κ2) is 10.6. The van der Waals surface area contributed by atoms with Crippen molar-refractivity contribution >= 4 is 49.8 Å². The highest BCUT2D eigenvalue weighted by Gasteiger charge is 2.29. The summed E-state index contributed by atoms with van der Waals surface area (Å²) in [7, 11) is 0. The smallest absolute Gasteiger partial charge is 0.235 e. The van der Waals surface area contributed by atoms with E-state index in [1.54, 1.807) is 0 Å². The maximum atomic E-state index is 6.13. The normalized spacial score (nSPS) is 14.3. The van der Waals surface area contributed by atoms with Gasteiger partial charge in [0.05, 0.1) is 16.7 Å². The Morgan fingerprint density at radius 3 is 2.21 bits per heavy atom. The molecule has 6 aromatic carbocycles. The summed E-state index contributed by atoms with van der Waals surface area (Å²) in [6, 6.07) is 51.2. The molecule has 9 aromatic rings. The van der Waals surface area contributed by atoms with Gasteiger partial charge in [0.25, 0.3) is 0 Å². The topological polar surface area (TPSA) is 43.9 Å². The molecule has 0 spiro atoms. The first-order valence-electron chi connectivity index (χ1n) is 16.4. The Kier molecular flexibility index (Phi) is 5.97. The molecular formula is C44H29N3O. The van der Waals surface area contributed by atoms with E-state index in [1.165, 1.54) is 33.3 Å². The summed E-state index contributed by atoms with van der Waals surface area (Å²) >= 11 is 0. The van der Waals surface area contributed by atoms with Gasteiger partial charge in [-0.1, -0.05) is 127 Å². The van der Waals surface area contributed by atoms with Crippen LogP contribution in [0.2, 0.25) is 0 Å². The quantitative estimate of drug-likeness (QED) is 0.198. The third kappa shape index (κ3) is 4.16. The number of hydrogen-bond donors (Lipinski definition) is 0. The first-order chi connectivity index (χ1) is 23.8. The minimum atomic E-state index is 0.117. The van der Waals surface area contributed by atoms with Gasteiger partial charge in [-0.2, -0.15) is 0 Å². The number of allylic oxidation sites excluding steroid dienone is 1. The Labute approximate surface area is 277 Å². The number of furan rings is 1. The van der Waals surface area contributed by atoms with Crippen LogP contribution in [0.3, 0.4) is 0 Å². The highest BCUT2D eigenvalue weighted by molar-refractivity contribution is 6.06. The summed E-state index contributed by atoms with van der Waals surface area (Å²) in [6.07, 6.45) is 5.49. The maximum Gasteiger partial charge on any atom is 0.235 e. The molecule has 0 saturated carbocycles. The van der Waals surface area contributed by atoms with Crippen LogP contribution < -0.4 is 0 Å². The Bertz CT molecular complexity index is 2720. The molecule has 4 nitrogen and oxygen atoms in total. The Morgan fingerprint density at radius 1 is 0.562 bits per heavy atom. The van der Waals surface area contributed by atoms with E-state index in [2.05, 4.69) is 144 Å². The molecular weight excluding hydrogens is 587 g/mol. The zero-order chi connectivity index (χ0) is 31.6. The van der Waals surface area contributed by atoms with Crippen LogP contribution in [0.15, 0.2) is 156 Å². The third-order valence-electron chi connectivity index (χ3n) is 9.78. The van der Waals surface area contributed by atoms with Crippen molar-refractivity contribution in [2.45, 2.75) is 12.3 Å². The maximum absolute atomic E-state index is 6.13. The zero-order valence-electron chi connectivity index (χ0n) is 26.0. The van der Waals surface area contributed by atoms with Gasteiger partial charge >= 0.3 is 0 Å². The number of nitrogens with zero attached hydrogens (tertiary/aromatic N) is 3. The first-order valence-corrected chi connectivity index (χ1v) is 16.4. The molecule has 4 heteroatoms. The lowest BCUT2D eigenvalue weighted by molar-refractivity contribution is 0.669. The molecule has 0 fully saturated rings. The molecule has 0 saturated heterocycles. The van der Waals surface area contributed by atoms with E-state index in [0.717, 1.165) is 56.0 Å². The van der Waals surface area contributed by atoms with Gasteiger partial charge in [0, 0.05) is 44.3 Å². The first kappa shape index (κ1) is 26.9. The molecule has 1 aliphatic carbocycles. The fourth-order valence-corrected chi connectivity index (χ4v) is 7.57. The number of rotatable bonds is 4. The molecule has 48 heavy (non-hydrogen) atoms. The van der Waals surface area contributed by atoms with Crippen LogP contribution in [0, 0.1) is 0 Å². The third-order valence-corrected chi connectivity index (χ3v) is 9.78. The van der Waals surface area contributed by atoms with Crippen LogP contribution in [0.4, 0.5) is 0 Å². The summed E-state index contributed by atoms with van der Waals surface area (Å²) in [4.78, 5) is 10.6. The molecule has 0 aliphatic heterocycles. The van der Waals surface area contributed by atoms with E-state index in [9.17, 15) is 0 Å². The predicted molar refractivity (Wildman–Crippen MR) is 196 cm³/mol. The van der Waals surface area contributed by atoms with Crippen molar-refractivity contribution in [3.8, 4) is 28.3 Å². The van der Waals surface area contributed by atoms with Crippen LogP contribution in [0.5, 0.6) is 0 Å². The predicted octanol–water partition coefficient (Wildman–Crippen LogP) is 11.4. The number of benzene rings is 6. The molecule has 1 aliphatic rings. The van der Waals surface area contributed by atoms with Crippen LogP contribution in [-0.4, -0.2) is 14.5 Å². The number of hydrogen-bond acceptors (Lipinski definition) is 3. The lowest BCUT2D eigenvalue weighted by Crippen LogP contribution is -2.13. The van der Waals surface area contributed by atoms with Gasteiger partial charge < -0.3 is 4.42 Å². The van der Waals surface area contributed by atoms with Crippen molar-refractivity contribution in [2.75, 3.05) is 0 Å². The number of fused-ring (bicyclic) bond motifs is 7. The Morgan fingerprint density at radius 2 is 1.29 bits per heavy atom. The molecule has 0 bridgehead atoms. The van der Waals surface area contributed by atoms with Crippen LogP contribution in [0.25, 0.3) is 78.2 Å². The minimum absolute atomic E-state index is 0.117. The van der Waals surface area contributed by atoms with E-state index in [-0.39, 0.29) is 5.92 Å². The van der Waals surface area contributed by atoms with Gasteiger partial charge in [0.1, 0.15) is 11.2 Å². The van der Waals surface area contributed by atoms with Crippen molar-refractivity contribution in [3.63, 3.8) is 0 Å². The monoisotopic (exact) mass is 615 g/mol. The van der Waals surface area contributed by atoms with Gasteiger partial charge in [-0.25, -0.2) is 9.97 Å². The highest BCUT2D eigenvalue weighted by atomic mass is 16.3. The summed E-state index contributed by atoms with van der Waals surface area (Å²) in [5, 5.41) is 4.53. The Hall–Kier alpha value is -6.26. The number of para-hydroxylation sites is 3. The lowest BCUT2D eigenvalue weighted by Gasteiger charge is -2.23. The summed E-state index contributed by atoms with van der Waals surface area (Å²) < 4.78 is 8.44. The largest absolute Gasteiger partial charge is 0.456 e. The molecule has 226 valence electrons. The van der Waals surface area contributed by atoms with Crippen LogP contribution in [0.1, 0.15) is 29.2 Å². The number of aromatic nitrogens is 3. The van der Waals surface area contributed by atoms with Gasteiger partial charge in [-0.3, -0.25) is 4.57 Å². The minimum Gasteiger partial charge on any atom is -0.456 e. The molecule has 3 aromatic heterocycles. The van der Waals surface area contributed by atoms with Gasteiger partial charge in [0.15, 0.2) is 0 Å². The molecule has 1 unspecified atom stereocenters. The SMILES string of the molecule is C1=Cc2c(n(-c3nc(-c4ccccc4)c4ccccc4n3)c3ccccc23)C(c2cccc(-c3ccc4oc5ccccc5c4c3)c2)C1. The highest BCUT2D eigenvalue weighted by Crippen LogP contribution is 2.43. The van der Waals surface area contributed by atoms with Crippen LogP contribution >= 0.6 is 0 Å². The van der Waals surface area contributed by atoms with Crippen molar-refractivity contribution in [1.29, 1.82) is 0 Å². The van der Waals surface area contributed by atoms with Crippen molar-refractivity contribution in [2.24, 2.45) is 0 Å². The standard InChI is InChI=1S/C44H29N3O/c1-2-12-28(13-3-1)42-36-18-4-7-21-38(36)45-44(46-42)47-39-22-8-5-16-33(39)35-20-11-19-32(43(35)47)31-15-10-14-29(26-31)30-24-25-41-37(27-30)34-17-6-9-23-40(34)48-41/h1-18,20-27,32H,19H2. The van der Waals surface area contributed by atoms with Crippen LogP contribution in [-0.2, 0) is 0 Å². The van der Waals surface area contributed by atoms with Crippen molar-refractivity contribution < 1.29 is 4.42 Å². The molecule has 0 N–H and O–H groups in total. The van der Waals surface area contributed by atoms with Gasteiger partial charge in [-0.15, -0.1) is 0 Å². The van der Waals surface area contributed by atoms with Gasteiger partial charge in [-0.05, 0) is 53.4 Å². The molecule has 0 amide bonds. The van der Waals surface area contributed by atoms with E-state index in [0.29, 0.717) is 5.95 Å². The molecule has 3 heterocycles. The molecule has 1 atom stereocenters. The van der Waals surface area contributed by atoms with E-state index >= 15 is 0 Å². The zero-order valence-corrected chi connectivity index (χ0v) is 26.0. The van der Waals surface area contributed by atoms with E-state index < -0.39 is 0 Å². The van der Waals surface area contributed by atoms with Gasteiger partial charge in [0.2, 0.25) is 5.95 Å². The fourth-order valence-electron chi connectivity index (χ4n) is 7.57. The Balaban J connectivity index is 1.17. The van der Waals surface area contributed by atoms with Crippen molar-refractivity contribution in [3.05, 3.63) is 168 Å². The molecule has 0 radical (unpaired) electrons. The molecule has 10 rings (SSSR count). The average molecular weight is 616 g/mol. The fraction of sp³-hybridized carbons (Fsp3) is 0.0455. The van der Waals surface area contributed by atoms with E-state index in [1.807, 2.05) is 18.2 Å². The summed E-state index contributed by atoms with van der Waals surface area (Å²) in [6.45, 7) is 0.